The smallest absolute Gasteiger partial charge is 0.326 e. The minimum Gasteiger partial charge on any atom is -0.480 e. The van der Waals surface area contributed by atoms with E-state index in [0.717, 1.165) is 4.90 Å². The predicted molar refractivity (Wildman–Crippen MR) is 55.5 cm³/mol. The number of nitrogens with zero attached hydrogens (tertiary/aromatic N) is 1. The number of aliphatic hydroxyl groups excluding tert-OH is 1. The van der Waals surface area contributed by atoms with Gasteiger partial charge in [0.1, 0.15) is 12.3 Å². The molecule has 1 heterocycles. The molecule has 1 saturated heterocycles. The molecule has 7 heteroatoms. The van der Waals surface area contributed by atoms with Gasteiger partial charge < -0.3 is 15.1 Å². The highest BCUT2D eigenvalue weighted by molar-refractivity contribution is 5.79. The lowest BCUT2D eigenvalue weighted by atomic mass is 10.2. The van der Waals surface area contributed by atoms with E-state index >= 15 is 0 Å². The first kappa shape index (κ1) is 12.7. The molecule has 0 spiro atoms. The van der Waals surface area contributed by atoms with Crippen LogP contribution in [0.2, 0.25) is 0 Å². The molecule has 1 aromatic carbocycles. The molecule has 0 radical (unpaired) electrons. The Balaban J connectivity index is 2.43. The maximum absolute atomic E-state index is 13.1. The molecular formula is C11H10F3NO3. The van der Waals surface area contributed by atoms with E-state index in [2.05, 4.69) is 0 Å². The molecule has 1 fully saturated rings. The second-order valence-corrected chi connectivity index (χ2v) is 4.04. The van der Waals surface area contributed by atoms with Crippen LogP contribution < -0.4 is 4.90 Å². The summed E-state index contributed by atoms with van der Waals surface area (Å²) < 4.78 is 39.0. The van der Waals surface area contributed by atoms with E-state index in [9.17, 15) is 23.1 Å². The fourth-order valence-corrected chi connectivity index (χ4v) is 2.08. The Morgan fingerprint density at radius 2 is 1.78 bits per heavy atom. The van der Waals surface area contributed by atoms with Crippen molar-refractivity contribution in [1.82, 2.24) is 0 Å². The van der Waals surface area contributed by atoms with Gasteiger partial charge in [-0.25, -0.2) is 18.0 Å². The number of carbonyl (C=O) groups is 1. The van der Waals surface area contributed by atoms with Gasteiger partial charge in [-0.05, 0) is 12.8 Å². The fraction of sp³-hybridized carbons (Fsp3) is 0.364. The standard InChI is InChI=1S/C11H10F3NO3/c12-6-3-5(4-7(13)10(6)14)15-8(11(17)18)1-2-9(15)16/h3-4,8-9,16H,1-2H2,(H,17,18). The zero-order valence-corrected chi connectivity index (χ0v) is 9.11. The number of anilines is 1. The molecule has 0 amide bonds. The number of benzene rings is 1. The van der Waals surface area contributed by atoms with E-state index < -0.39 is 35.7 Å². The number of aliphatic hydroxyl groups is 1. The van der Waals surface area contributed by atoms with Gasteiger partial charge >= 0.3 is 5.97 Å². The molecule has 1 aliphatic heterocycles. The molecule has 0 aromatic heterocycles. The minimum atomic E-state index is -1.63. The van der Waals surface area contributed by atoms with Crippen LogP contribution in [-0.4, -0.2) is 28.5 Å². The highest BCUT2D eigenvalue weighted by Gasteiger charge is 2.37. The van der Waals surface area contributed by atoms with Crippen molar-refractivity contribution in [3.8, 4) is 0 Å². The maximum atomic E-state index is 13.1. The van der Waals surface area contributed by atoms with Crippen LogP contribution in [0.15, 0.2) is 12.1 Å². The van der Waals surface area contributed by atoms with Crippen LogP contribution in [0.5, 0.6) is 0 Å². The van der Waals surface area contributed by atoms with Crippen LogP contribution in [0.4, 0.5) is 18.9 Å². The molecule has 0 saturated carbocycles. The van der Waals surface area contributed by atoms with E-state index in [1.807, 2.05) is 0 Å². The number of carboxylic acid groups (broad SMARTS) is 1. The monoisotopic (exact) mass is 261 g/mol. The molecule has 1 aliphatic rings. The summed E-state index contributed by atoms with van der Waals surface area (Å²) in [5.41, 5.74) is -0.191. The third-order valence-electron chi connectivity index (χ3n) is 2.91. The molecule has 1 aromatic rings. The number of aliphatic carboxylic acids is 1. The fourth-order valence-electron chi connectivity index (χ4n) is 2.08. The lowest BCUT2D eigenvalue weighted by Crippen LogP contribution is -2.41. The Morgan fingerprint density at radius 3 is 2.28 bits per heavy atom. The van der Waals surface area contributed by atoms with Gasteiger partial charge in [-0.15, -0.1) is 0 Å². The van der Waals surface area contributed by atoms with Gasteiger partial charge in [0.25, 0.3) is 0 Å². The van der Waals surface area contributed by atoms with Crippen molar-refractivity contribution in [2.45, 2.75) is 25.1 Å². The number of halogens is 3. The Bertz CT molecular complexity index is 471. The van der Waals surface area contributed by atoms with Gasteiger partial charge in [0, 0.05) is 17.8 Å². The molecule has 2 unspecified atom stereocenters. The van der Waals surface area contributed by atoms with Crippen molar-refractivity contribution >= 4 is 11.7 Å². The molecular weight excluding hydrogens is 251 g/mol. The minimum absolute atomic E-state index is 0.150. The zero-order valence-electron chi connectivity index (χ0n) is 9.11. The van der Waals surface area contributed by atoms with E-state index in [1.165, 1.54) is 0 Å². The van der Waals surface area contributed by atoms with Crippen molar-refractivity contribution in [3.05, 3.63) is 29.6 Å². The van der Waals surface area contributed by atoms with Crippen LogP contribution in [0.1, 0.15) is 12.8 Å². The highest BCUT2D eigenvalue weighted by Crippen LogP contribution is 2.31. The first-order valence-corrected chi connectivity index (χ1v) is 5.25. The van der Waals surface area contributed by atoms with Gasteiger partial charge in [-0.3, -0.25) is 0 Å². The third kappa shape index (κ3) is 2.01. The first-order valence-electron chi connectivity index (χ1n) is 5.25. The quantitative estimate of drug-likeness (QED) is 0.791. The van der Waals surface area contributed by atoms with E-state index in [4.69, 9.17) is 5.11 Å². The maximum Gasteiger partial charge on any atom is 0.326 e. The van der Waals surface area contributed by atoms with Crippen molar-refractivity contribution in [2.75, 3.05) is 4.90 Å². The number of hydrogen-bond acceptors (Lipinski definition) is 3. The number of carboxylic acids is 1. The average molecular weight is 261 g/mol. The molecule has 2 N–H and O–H groups in total. The molecule has 0 bridgehead atoms. The van der Waals surface area contributed by atoms with E-state index in [0.29, 0.717) is 12.1 Å². The molecule has 4 nitrogen and oxygen atoms in total. The van der Waals surface area contributed by atoms with Crippen LogP contribution >= 0.6 is 0 Å². The molecule has 2 rings (SSSR count). The molecule has 18 heavy (non-hydrogen) atoms. The van der Waals surface area contributed by atoms with Gasteiger partial charge in [-0.1, -0.05) is 0 Å². The average Bonchev–Trinajstić information content (AvgIpc) is 2.67. The summed E-state index contributed by atoms with van der Waals surface area (Å²) in [4.78, 5) is 11.9. The van der Waals surface area contributed by atoms with Crippen molar-refractivity contribution in [1.29, 1.82) is 0 Å². The van der Waals surface area contributed by atoms with Gasteiger partial charge in [-0.2, -0.15) is 0 Å². The molecule has 98 valence electrons. The lowest BCUT2D eigenvalue weighted by molar-refractivity contribution is -0.138. The zero-order chi connectivity index (χ0) is 13.4. The predicted octanol–water partition coefficient (Wildman–Crippen LogP) is 1.48. The van der Waals surface area contributed by atoms with Crippen molar-refractivity contribution < 1.29 is 28.2 Å². The lowest BCUT2D eigenvalue weighted by Gasteiger charge is -2.27. The highest BCUT2D eigenvalue weighted by atomic mass is 19.2. The van der Waals surface area contributed by atoms with E-state index in [-0.39, 0.29) is 18.5 Å². The Labute approximate surface area is 100 Å². The summed E-state index contributed by atoms with van der Waals surface area (Å²) in [7, 11) is 0. The van der Waals surface area contributed by atoms with Crippen LogP contribution in [0.3, 0.4) is 0 Å². The number of rotatable bonds is 2. The van der Waals surface area contributed by atoms with Crippen molar-refractivity contribution in [3.63, 3.8) is 0 Å². The van der Waals surface area contributed by atoms with Crippen LogP contribution in [0, 0.1) is 17.5 Å². The van der Waals surface area contributed by atoms with Gasteiger partial charge in [0.2, 0.25) is 0 Å². The SMILES string of the molecule is O=C(O)C1CCC(O)N1c1cc(F)c(F)c(F)c1. The van der Waals surface area contributed by atoms with Gasteiger partial charge in [0.15, 0.2) is 17.5 Å². The summed E-state index contributed by atoms with van der Waals surface area (Å²) in [6, 6.07) is 0.260. The number of hydrogen-bond donors (Lipinski definition) is 2. The Hall–Kier alpha value is -1.76. The summed E-state index contributed by atoms with van der Waals surface area (Å²) in [5.74, 6) is -5.68. The molecule has 0 aliphatic carbocycles. The summed E-state index contributed by atoms with van der Waals surface area (Å²) in [6.07, 6.45) is -0.843. The van der Waals surface area contributed by atoms with Crippen molar-refractivity contribution in [2.24, 2.45) is 0 Å². The Morgan fingerprint density at radius 1 is 1.22 bits per heavy atom. The normalized spacial score (nSPS) is 23.4. The summed E-state index contributed by atoms with van der Waals surface area (Å²) in [5, 5.41) is 18.6. The second kappa shape index (κ2) is 4.49. The van der Waals surface area contributed by atoms with Crippen LogP contribution in [-0.2, 0) is 4.79 Å². The van der Waals surface area contributed by atoms with Crippen LogP contribution in [0.25, 0.3) is 0 Å². The topological polar surface area (TPSA) is 60.8 Å². The van der Waals surface area contributed by atoms with Gasteiger partial charge in [0.05, 0.1) is 0 Å². The third-order valence-corrected chi connectivity index (χ3v) is 2.91. The summed E-state index contributed by atoms with van der Waals surface area (Å²) >= 11 is 0. The Kier molecular flexibility index (Phi) is 3.16. The van der Waals surface area contributed by atoms with E-state index in [1.54, 1.807) is 0 Å². The second-order valence-electron chi connectivity index (χ2n) is 4.04. The largest absolute Gasteiger partial charge is 0.480 e. The molecule has 2 atom stereocenters. The first-order chi connectivity index (χ1) is 8.41. The summed E-state index contributed by atoms with van der Waals surface area (Å²) in [6.45, 7) is 0.